The molecule has 0 unspecified atom stereocenters. The van der Waals surface area contributed by atoms with E-state index in [2.05, 4.69) is 0 Å². The molecule has 5 nitrogen and oxygen atoms in total. The SMILES string of the molecule is CCCOC(=O)CCCCCCCCC(=O)OCCOc1ccccc1. The van der Waals surface area contributed by atoms with Crippen molar-refractivity contribution in [3.05, 3.63) is 30.3 Å². The molecular formula is C21H32O5. The summed E-state index contributed by atoms with van der Waals surface area (Å²) >= 11 is 0. The summed E-state index contributed by atoms with van der Waals surface area (Å²) in [5.41, 5.74) is 0. The van der Waals surface area contributed by atoms with Crippen LogP contribution in [0.2, 0.25) is 0 Å². The molecule has 0 spiro atoms. The quantitative estimate of drug-likeness (QED) is 0.334. The topological polar surface area (TPSA) is 61.8 Å². The molecule has 0 saturated heterocycles. The Morgan fingerprint density at radius 2 is 1.27 bits per heavy atom. The van der Waals surface area contributed by atoms with Crippen molar-refractivity contribution in [2.45, 2.75) is 64.7 Å². The van der Waals surface area contributed by atoms with Gasteiger partial charge in [0.15, 0.2) is 0 Å². The van der Waals surface area contributed by atoms with Crippen LogP contribution in [0.1, 0.15) is 64.7 Å². The number of unbranched alkanes of at least 4 members (excludes halogenated alkanes) is 5. The first-order valence-electron chi connectivity index (χ1n) is 9.71. The van der Waals surface area contributed by atoms with Gasteiger partial charge in [0.05, 0.1) is 6.61 Å². The van der Waals surface area contributed by atoms with Gasteiger partial charge < -0.3 is 14.2 Å². The third kappa shape index (κ3) is 12.3. The molecule has 0 atom stereocenters. The maximum Gasteiger partial charge on any atom is 0.305 e. The molecule has 0 fully saturated rings. The number of hydrogen-bond acceptors (Lipinski definition) is 5. The number of para-hydroxylation sites is 1. The van der Waals surface area contributed by atoms with Crippen LogP contribution in [-0.2, 0) is 19.1 Å². The molecule has 0 amide bonds. The van der Waals surface area contributed by atoms with Gasteiger partial charge in [0.2, 0.25) is 0 Å². The first-order valence-corrected chi connectivity index (χ1v) is 9.71. The molecule has 0 aliphatic carbocycles. The van der Waals surface area contributed by atoms with Crippen LogP contribution >= 0.6 is 0 Å². The van der Waals surface area contributed by atoms with Crippen LogP contribution in [0.4, 0.5) is 0 Å². The maximum absolute atomic E-state index is 11.6. The highest BCUT2D eigenvalue weighted by Gasteiger charge is 2.04. The minimum Gasteiger partial charge on any atom is -0.490 e. The van der Waals surface area contributed by atoms with Crippen molar-refractivity contribution in [2.24, 2.45) is 0 Å². The van der Waals surface area contributed by atoms with Gasteiger partial charge in [0, 0.05) is 12.8 Å². The van der Waals surface area contributed by atoms with E-state index in [9.17, 15) is 9.59 Å². The molecule has 1 aromatic rings. The second-order valence-corrected chi connectivity index (χ2v) is 6.22. The van der Waals surface area contributed by atoms with Crippen LogP contribution in [0.15, 0.2) is 30.3 Å². The molecule has 146 valence electrons. The van der Waals surface area contributed by atoms with Crippen molar-refractivity contribution < 1.29 is 23.8 Å². The van der Waals surface area contributed by atoms with E-state index in [0.717, 1.165) is 50.7 Å². The Hall–Kier alpha value is -2.04. The zero-order valence-electron chi connectivity index (χ0n) is 15.9. The molecule has 26 heavy (non-hydrogen) atoms. The number of hydrogen-bond donors (Lipinski definition) is 0. The van der Waals surface area contributed by atoms with E-state index in [1.54, 1.807) is 0 Å². The molecule has 0 N–H and O–H groups in total. The highest BCUT2D eigenvalue weighted by atomic mass is 16.6. The van der Waals surface area contributed by atoms with Gasteiger partial charge in [-0.2, -0.15) is 0 Å². The average Bonchev–Trinajstić information content (AvgIpc) is 2.66. The van der Waals surface area contributed by atoms with Crippen LogP contribution in [0.5, 0.6) is 5.75 Å². The largest absolute Gasteiger partial charge is 0.490 e. The molecule has 5 heteroatoms. The van der Waals surface area contributed by atoms with Gasteiger partial charge >= 0.3 is 11.9 Å². The lowest BCUT2D eigenvalue weighted by atomic mass is 10.1. The van der Waals surface area contributed by atoms with Gasteiger partial charge in [-0.15, -0.1) is 0 Å². The summed E-state index contributed by atoms with van der Waals surface area (Å²) in [4.78, 5) is 22.9. The van der Waals surface area contributed by atoms with E-state index in [1.807, 2.05) is 37.3 Å². The van der Waals surface area contributed by atoms with Crippen molar-refractivity contribution in [3.63, 3.8) is 0 Å². The summed E-state index contributed by atoms with van der Waals surface area (Å²) in [6.07, 6.45) is 7.76. The van der Waals surface area contributed by atoms with E-state index >= 15 is 0 Å². The molecule has 0 heterocycles. The third-order valence-corrected chi connectivity index (χ3v) is 3.84. The fraction of sp³-hybridized carbons (Fsp3) is 0.619. The lowest BCUT2D eigenvalue weighted by Crippen LogP contribution is -2.11. The number of benzene rings is 1. The highest BCUT2D eigenvalue weighted by Crippen LogP contribution is 2.10. The molecular weight excluding hydrogens is 332 g/mol. The Balaban J connectivity index is 1.85. The van der Waals surface area contributed by atoms with Gasteiger partial charge in [-0.1, -0.05) is 50.8 Å². The van der Waals surface area contributed by atoms with Crippen molar-refractivity contribution in [1.29, 1.82) is 0 Å². The van der Waals surface area contributed by atoms with Crippen LogP contribution in [0.3, 0.4) is 0 Å². The molecule has 0 saturated carbocycles. The summed E-state index contributed by atoms with van der Waals surface area (Å²) in [5, 5.41) is 0. The predicted molar refractivity (Wildman–Crippen MR) is 101 cm³/mol. The van der Waals surface area contributed by atoms with Crippen molar-refractivity contribution >= 4 is 11.9 Å². The smallest absolute Gasteiger partial charge is 0.305 e. The number of rotatable bonds is 15. The highest BCUT2D eigenvalue weighted by molar-refractivity contribution is 5.69. The zero-order chi connectivity index (χ0) is 18.9. The summed E-state index contributed by atoms with van der Waals surface area (Å²) < 4.78 is 15.6. The zero-order valence-corrected chi connectivity index (χ0v) is 15.9. The minimum absolute atomic E-state index is 0.0918. The monoisotopic (exact) mass is 364 g/mol. The lowest BCUT2D eigenvalue weighted by molar-refractivity contribution is -0.145. The van der Waals surface area contributed by atoms with E-state index < -0.39 is 0 Å². The minimum atomic E-state index is -0.166. The van der Waals surface area contributed by atoms with Crippen molar-refractivity contribution in [2.75, 3.05) is 19.8 Å². The number of ether oxygens (including phenoxy) is 3. The molecule has 1 rings (SSSR count). The molecule has 0 bridgehead atoms. The number of carbonyl (C=O) groups is 2. The maximum atomic E-state index is 11.6. The van der Waals surface area contributed by atoms with Crippen molar-refractivity contribution in [3.8, 4) is 5.75 Å². The number of carbonyl (C=O) groups excluding carboxylic acids is 2. The van der Waals surface area contributed by atoms with Crippen molar-refractivity contribution in [1.82, 2.24) is 0 Å². The Bertz CT molecular complexity index is 486. The molecule has 0 aliphatic rings. The van der Waals surface area contributed by atoms with E-state index in [1.165, 1.54) is 0 Å². The van der Waals surface area contributed by atoms with Gasteiger partial charge in [-0.05, 0) is 31.4 Å². The van der Waals surface area contributed by atoms with E-state index in [-0.39, 0.29) is 18.5 Å². The Kier molecular flexibility index (Phi) is 12.9. The second-order valence-electron chi connectivity index (χ2n) is 6.22. The summed E-state index contributed by atoms with van der Waals surface area (Å²) in [5.74, 6) is 0.522. The predicted octanol–water partition coefficient (Wildman–Crippen LogP) is 4.68. The Morgan fingerprint density at radius 1 is 0.731 bits per heavy atom. The van der Waals surface area contributed by atoms with Gasteiger partial charge in [0.25, 0.3) is 0 Å². The van der Waals surface area contributed by atoms with E-state index in [0.29, 0.717) is 26.1 Å². The first kappa shape index (κ1) is 22.0. The van der Waals surface area contributed by atoms with E-state index in [4.69, 9.17) is 14.2 Å². The van der Waals surface area contributed by atoms with Gasteiger partial charge in [-0.3, -0.25) is 9.59 Å². The van der Waals surface area contributed by atoms with Gasteiger partial charge in [-0.25, -0.2) is 0 Å². The third-order valence-electron chi connectivity index (χ3n) is 3.84. The number of esters is 2. The summed E-state index contributed by atoms with van der Waals surface area (Å²) in [7, 11) is 0. The van der Waals surface area contributed by atoms with Gasteiger partial charge in [0.1, 0.15) is 19.0 Å². The molecule has 1 aromatic carbocycles. The van der Waals surface area contributed by atoms with Crippen LogP contribution in [0.25, 0.3) is 0 Å². The molecule has 0 aliphatic heterocycles. The second kappa shape index (κ2) is 15.2. The fourth-order valence-electron chi connectivity index (χ4n) is 2.44. The summed E-state index contributed by atoms with van der Waals surface area (Å²) in [6.45, 7) is 3.16. The van der Waals surface area contributed by atoms with Crippen LogP contribution in [0, 0.1) is 0 Å². The normalized spacial score (nSPS) is 10.3. The van der Waals surface area contributed by atoms with Crippen LogP contribution in [-0.4, -0.2) is 31.8 Å². The summed E-state index contributed by atoms with van der Waals surface area (Å²) in [6, 6.07) is 9.47. The Morgan fingerprint density at radius 3 is 1.85 bits per heavy atom. The fourth-order valence-corrected chi connectivity index (χ4v) is 2.44. The molecule has 0 radical (unpaired) electrons. The first-order chi connectivity index (χ1) is 12.7. The lowest BCUT2D eigenvalue weighted by Gasteiger charge is -2.07. The standard InChI is InChI=1S/C21H32O5/c1-2-16-25-20(22)14-10-5-3-4-6-11-15-21(23)26-18-17-24-19-12-8-7-9-13-19/h7-9,12-13H,2-6,10-11,14-18H2,1H3. The Labute approximate surface area is 157 Å². The average molecular weight is 364 g/mol. The molecule has 0 aromatic heterocycles. The van der Waals surface area contributed by atoms with Crippen LogP contribution < -0.4 is 4.74 Å².